The number of aliphatic imine (C=N–C) groups is 1. The summed E-state index contributed by atoms with van der Waals surface area (Å²) in [6.45, 7) is 6.75. The Morgan fingerprint density at radius 2 is 1.85 bits per heavy atom. The van der Waals surface area contributed by atoms with Crippen molar-refractivity contribution in [3.8, 4) is 0 Å². The van der Waals surface area contributed by atoms with Gasteiger partial charge < -0.3 is 20.0 Å². The number of carbonyl (C=O) groups is 4. The van der Waals surface area contributed by atoms with E-state index in [-0.39, 0.29) is 36.6 Å². The number of rotatable bonds is 8. The van der Waals surface area contributed by atoms with E-state index < -0.39 is 5.25 Å². The van der Waals surface area contributed by atoms with E-state index in [0.717, 1.165) is 31.1 Å². The van der Waals surface area contributed by atoms with Gasteiger partial charge in [0.2, 0.25) is 11.8 Å². The maximum Gasteiger partial charge on any atom is 0.262 e. The monoisotopic (exact) mass is 487 g/mol. The van der Waals surface area contributed by atoms with E-state index in [9.17, 15) is 19.2 Å². The normalized spacial score (nSPS) is 17.9. The van der Waals surface area contributed by atoms with Crippen LogP contribution in [0.3, 0.4) is 0 Å². The van der Waals surface area contributed by atoms with Gasteiger partial charge in [-0.2, -0.15) is 4.99 Å². The van der Waals surface area contributed by atoms with Gasteiger partial charge in [-0.05, 0) is 51.3 Å². The lowest BCUT2D eigenvalue weighted by atomic mass is 10.1. The quantitative estimate of drug-likeness (QED) is 0.604. The molecule has 0 spiro atoms. The van der Waals surface area contributed by atoms with E-state index in [1.165, 1.54) is 23.1 Å². The molecular formula is C24H33N5O4S. The number of amides is 4. The van der Waals surface area contributed by atoms with Crippen LogP contribution in [0.15, 0.2) is 29.3 Å². The minimum atomic E-state index is -0.529. The fraction of sp³-hybridized carbons (Fsp3) is 0.542. The number of likely N-dealkylation sites (tertiary alicyclic amines) is 1. The van der Waals surface area contributed by atoms with Gasteiger partial charge in [-0.3, -0.25) is 19.2 Å². The molecule has 184 valence electrons. The Balaban J connectivity index is 1.54. The summed E-state index contributed by atoms with van der Waals surface area (Å²) in [4.78, 5) is 59.4. The highest BCUT2D eigenvalue weighted by molar-refractivity contribution is 8.15. The first-order chi connectivity index (χ1) is 16.3. The number of piperidine rings is 1. The average molecular weight is 488 g/mol. The van der Waals surface area contributed by atoms with E-state index in [1.54, 1.807) is 36.2 Å². The maximum absolute atomic E-state index is 12.8. The van der Waals surface area contributed by atoms with Crippen LogP contribution in [0.2, 0.25) is 0 Å². The van der Waals surface area contributed by atoms with Crippen LogP contribution in [0.1, 0.15) is 49.9 Å². The summed E-state index contributed by atoms with van der Waals surface area (Å²) in [5.74, 6) is -1.01. The second-order valence-electron chi connectivity index (χ2n) is 8.45. The summed E-state index contributed by atoms with van der Waals surface area (Å²) in [6.07, 6.45) is 3.39. The average Bonchev–Trinajstić information content (AvgIpc) is 3.20. The third kappa shape index (κ3) is 6.59. The van der Waals surface area contributed by atoms with Gasteiger partial charge in [-0.15, -0.1) is 0 Å². The number of nitrogens with zero attached hydrogens (tertiary/aromatic N) is 4. The Morgan fingerprint density at radius 1 is 1.15 bits per heavy atom. The largest absolute Gasteiger partial charge is 0.351 e. The van der Waals surface area contributed by atoms with Crippen LogP contribution in [0, 0.1) is 0 Å². The lowest BCUT2D eigenvalue weighted by Gasteiger charge is -2.27. The van der Waals surface area contributed by atoms with Crippen molar-refractivity contribution in [2.24, 2.45) is 4.99 Å². The molecule has 9 nitrogen and oxygen atoms in total. The fourth-order valence-electron chi connectivity index (χ4n) is 4.01. The number of hydrogen-bond acceptors (Lipinski definition) is 6. The zero-order chi connectivity index (χ0) is 24.7. The summed E-state index contributed by atoms with van der Waals surface area (Å²) in [7, 11) is 1.58. The number of thioether (sulfide) groups is 1. The highest BCUT2D eigenvalue weighted by Crippen LogP contribution is 2.29. The Morgan fingerprint density at radius 3 is 2.53 bits per heavy atom. The smallest absolute Gasteiger partial charge is 0.262 e. The SMILES string of the molecule is CCN(CC)C(=O)CN(C)C(=O)c1cccc(NC(=O)CC2SC(N3CCCCC3)=NC2=O)c1. The lowest BCUT2D eigenvalue weighted by Crippen LogP contribution is -2.41. The molecule has 0 saturated carbocycles. The number of likely N-dealkylation sites (N-methyl/N-ethyl adjacent to an activating group) is 2. The van der Waals surface area contributed by atoms with Crippen LogP contribution in [-0.2, 0) is 14.4 Å². The molecule has 2 aliphatic rings. The first kappa shape index (κ1) is 25.7. The molecule has 1 aromatic rings. The van der Waals surface area contributed by atoms with E-state index in [2.05, 4.69) is 15.2 Å². The van der Waals surface area contributed by atoms with Crippen molar-refractivity contribution in [3.63, 3.8) is 0 Å². The van der Waals surface area contributed by atoms with Crippen LogP contribution in [0.4, 0.5) is 5.69 Å². The van der Waals surface area contributed by atoms with Crippen LogP contribution >= 0.6 is 11.8 Å². The van der Waals surface area contributed by atoms with Gasteiger partial charge in [0.25, 0.3) is 11.8 Å². The van der Waals surface area contributed by atoms with E-state index in [1.807, 2.05) is 13.8 Å². The van der Waals surface area contributed by atoms with Gasteiger partial charge in [0.1, 0.15) is 5.25 Å². The standard InChI is InChI=1S/C24H33N5O4S/c1-4-28(5-2)21(31)16-27(3)23(33)17-10-9-11-18(14-17)25-20(30)15-19-22(32)26-24(34-19)29-12-7-6-8-13-29/h9-11,14,19H,4-8,12-13,15-16H2,1-3H3,(H,25,30). The van der Waals surface area contributed by atoms with E-state index in [4.69, 9.17) is 0 Å². The molecule has 4 amide bonds. The molecule has 1 aromatic carbocycles. The fourth-order valence-corrected chi connectivity index (χ4v) is 5.13. The minimum Gasteiger partial charge on any atom is -0.351 e. The van der Waals surface area contributed by atoms with Gasteiger partial charge in [0.05, 0.1) is 6.54 Å². The molecule has 2 heterocycles. The molecular weight excluding hydrogens is 454 g/mol. The number of benzene rings is 1. The topological polar surface area (TPSA) is 102 Å². The zero-order valence-corrected chi connectivity index (χ0v) is 20.9. The maximum atomic E-state index is 12.8. The van der Waals surface area contributed by atoms with Crippen LogP contribution in [-0.4, -0.2) is 88.5 Å². The first-order valence-electron chi connectivity index (χ1n) is 11.8. The minimum absolute atomic E-state index is 0.0147. The third-order valence-corrected chi connectivity index (χ3v) is 7.17. The molecule has 0 bridgehead atoms. The van der Waals surface area contributed by atoms with Crippen molar-refractivity contribution in [1.82, 2.24) is 14.7 Å². The third-order valence-electron chi connectivity index (χ3n) is 5.95. The molecule has 0 aliphatic carbocycles. The highest BCUT2D eigenvalue weighted by atomic mass is 32.2. The number of hydrogen-bond donors (Lipinski definition) is 1. The van der Waals surface area contributed by atoms with Gasteiger partial charge in [0, 0.05) is 50.9 Å². The second-order valence-corrected chi connectivity index (χ2v) is 9.62. The lowest BCUT2D eigenvalue weighted by molar-refractivity contribution is -0.131. The van der Waals surface area contributed by atoms with Crippen molar-refractivity contribution in [2.45, 2.75) is 44.8 Å². The molecule has 34 heavy (non-hydrogen) atoms. The van der Waals surface area contributed by atoms with Crippen molar-refractivity contribution < 1.29 is 19.2 Å². The van der Waals surface area contributed by atoms with Crippen LogP contribution in [0.25, 0.3) is 0 Å². The molecule has 1 atom stereocenters. The predicted molar refractivity (Wildman–Crippen MR) is 134 cm³/mol. The molecule has 10 heteroatoms. The molecule has 1 N–H and O–H groups in total. The molecule has 1 saturated heterocycles. The highest BCUT2D eigenvalue weighted by Gasteiger charge is 2.33. The Labute approximate surface area is 204 Å². The van der Waals surface area contributed by atoms with E-state index in [0.29, 0.717) is 24.3 Å². The number of carbonyl (C=O) groups excluding carboxylic acids is 4. The van der Waals surface area contributed by atoms with Crippen molar-refractivity contribution >= 4 is 46.2 Å². The molecule has 0 radical (unpaired) electrons. The van der Waals surface area contributed by atoms with Crippen LogP contribution in [0.5, 0.6) is 0 Å². The van der Waals surface area contributed by atoms with Gasteiger partial charge in [-0.1, -0.05) is 17.8 Å². The van der Waals surface area contributed by atoms with Gasteiger partial charge in [-0.25, -0.2) is 0 Å². The van der Waals surface area contributed by atoms with Crippen molar-refractivity contribution in [2.75, 3.05) is 45.1 Å². The van der Waals surface area contributed by atoms with Crippen molar-refractivity contribution in [1.29, 1.82) is 0 Å². The second kappa shape index (κ2) is 12.0. The Kier molecular flexibility index (Phi) is 9.09. The van der Waals surface area contributed by atoms with Gasteiger partial charge >= 0.3 is 0 Å². The summed E-state index contributed by atoms with van der Waals surface area (Å²) >= 11 is 1.36. The zero-order valence-electron chi connectivity index (χ0n) is 20.1. The van der Waals surface area contributed by atoms with E-state index >= 15 is 0 Å². The molecule has 2 aliphatic heterocycles. The number of amidine groups is 1. The summed E-state index contributed by atoms with van der Waals surface area (Å²) in [6, 6.07) is 6.59. The molecule has 0 aromatic heterocycles. The van der Waals surface area contributed by atoms with Crippen LogP contribution < -0.4 is 5.32 Å². The summed E-state index contributed by atoms with van der Waals surface area (Å²) in [5, 5.41) is 2.97. The summed E-state index contributed by atoms with van der Waals surface area (Å²) < 4.78 is 0. The summed E-state index contributed by atoms with van der Waals surface area (Å²) in [5.41, 5.74) is 0.835. The molecule has 3 rings (SSSR count). The Hall–Kier alpha value is -2.88. The predicted octanol–water partition coefficient (Wildman–Crippen LogP) is 2.44. The number of nitrogens with one attached hydrogen (secondary N) is 1. The Bertz CT molecular complexity index is 956. The molecule has 1 unspecified atom stereocenters. The molecule has 1 fully saturated rings. The van der Waals surface area contributed by atoms with Gasteiger partial charge in [0.15, 0.2) is 5.17 Å². The number of anilines is 1. The first-order valence-corrected chi connectivity index (χ1v) is 12.7. The van der Waals surface area contributed by atoms with Crippen molar-refractivity contribution in [3.05, 3.63) is 29.8 Å².